The van der Waals surface area contributed by atoms with Crippen molar-refractivity contribution in [2.45, 2.75) is 32.7 Å². The molecule has 1 N–H and O–H groups in total. The molecule has 3 nitrogen and oxygen atoms in total. The number of hydrogen-bond acceptors (Lipinski definition) is 2. The fraction of sp³-hybridized carbons (Fsp3) is 0.500. The van der Waals surface area contributed by atoms with Crippen molar-refractivity contribution in [1.29, 1.82) is 0 Å². The van der Waals surface area contributed by atoms with Crippen molar-refractivity contribution in [2.24, 2.45) is 0 Å². The molecule has 1 aliphatic rings. The first kappa shape index (κ1) is 13.4. The number of anilines is 1. The van der Waals surface area contributed by atoms with Crippen molar-refractivity contribution >= 4 is 23.2 Å². The van der Waals surface area contributed by atoms with Gasteiger partial charge in [-0.3, -0.25) is 9.69 Å². The van der Waals surface area contributed by atoms with Crippen LogP contribution >= 0.6 is 11.6 Å². The highest BCUT2D eigenvalue weighted by molar-refractivity contribution is 6.31. The van der Waals surface area contributed by atoms with Gasteiger partial charge in [0.2, 0.25) is 5.91 Å². The van der Waals surface area contributed by atoms with Crippen LogP contribution in [0.4, 0.5) is 5.69 Å². The van der Waals surface area contributed by atoms with Crippen LogP contribution in [-0.4, -0.2) is 29.9 Å². The standard InChI is InChI=1S/C14H19ClN2O/c1-10-12(15)6-5-7-13(10)16-14(18)11(2)17-8-3-4-9-17/h5-7,11H,3-4,8-9H2,1-2H3,(H,16,18)/t11-/m0/s1. The van der Waals surface area contributed by atoms with Gasteiger partial charge in [-0.1, -0.05) is 17.7 Å². The van der Waals surface area contributed by atoms with Crippen LogP contribution in [0.15, 0.2) is 18.2 Å². The molecule has 98 valence electrons. The van der Waals surface area contributed by atoms with Crippen LogP contribution < -0.4 is 5.32 Å². The van der Waals surface area contributed by atoms with Crippen LogP contribution in [0.2, 0.25) is 5.02 Å². The molecule has 4 heteroatoms. The first-order chi connectivity index (χ1) is 8.59. The second-order valence-electron chi connectivity index (χ2n) is 4.82. The Morgan fingerprint density at radius 1 is 1.39 bits per heavy atom. The summed E-state index contributed by atoms with van der Waals surface area (Å²) in [6, 6.07) is 5.49. The van der Waals surface area contributed by atoms with Gasteiger partial charge in [0.25, 0.3) is 0 Å². The smallest absolute Gasteiger partial charge is 0.241 e. The summed E-state index contributed by atoms with van der Waals surface area (Å²) in [6.45, 7) is 5.91. The van der Waals surface area contributed by atoms with Crippen molar-refractivity contribution in [1.82, 2.24) is 4.90 Å². The highest BCUT2D eigenvalue weighted by atomic mass is 35.5. The monoisotopic (exact) mass is 266 g/mol. The number of hydrogen-bond donors (Lipinski definition) is 1. The number of amides is 1. The second-order valence-corrected chi connectivity index (χ2v) is 5.23. The fourth-order valence-corrected chi connectivity index (χ4v) is 2.45. The molecular weight excluding hydrogens is 248 g/mol. The average molecular weight is 267 g/mol. The summed E-state index contributed by atoms with van der Waals surface area (Å²) in [5, 5.41) is 3.64. The zero-order valence-corrected chi connectivity index (χ0v) is 11.6. The van der Waals surface area contributed by atoms with E-state index in [1.807, 2.05) is 32.0 Å². The number of likely N-dealkylation sites (tertiary alicyclic amines) is 1. The summed E-state index contributed by atoms with van der Waals surface area (Å²) >= 11 is 6.04. The number of carbonyl (C=O) groups excluding carboxylic acids is 1. The Morgan fingerprint density at radius 2 is 2.06 bits per heavy atom. The summed E-state index contributed by atoms with van der Waals surface area (Å²) in [5.41, 5.74) is 1.72. The Hall–Kier alpha value is -1.06. The summed E-state index contributed by atoms with van der Waals surface area (Å²) in [5.74, 6) is 0.0438. The third kappa shape index (κ3) is 2.85. The molecule has 1 amide bonds. The Labute approximate surface area is 113 Å². The molecule has 1 fully saturated rings. The van der Waals surface area contributed by atoms with E-state index in [1.54, 1.807) is 0 Å². The summed E-state index contributed by atoms with van der Waals surface area (Å²) < 4.78 is 0. The molecule has 1 aromatic carbocycles. The molecule has 0 saturated carbocycles. The van der Waals surface area contributed by atoms with E-state index in [2.05, 4.69) is 10.2 Å². The van der Waals surface area contributed by atoms with Crippen LogP contribution in [0.1, 0.15) is 25.3 Å². The summed E-state index contributed by atoms with van der Waals surface area (Å²) in [7, 11) is 0. The maximum Gasteiger partial charge on any atom is 0.241 e. The van der Waals surface area contributed by atoms with E-state index in [-0.39, 0.29) is 11.9 Å². The molecule has 0 radical (unpaired) electrons. The Balaban J connectivity index is 2.04. The van der Waals surface area contributed by atoms with Gasteiger partial charge in [-0.05, 0) is 57.5 Å². The van der Waals surface area contributed by atoms with Gasteiger partial charge in [0.1, 0.15) is 0 Å². The minimum atomic E-state index is -0.0779. The summed E-state index contributed by atoms with van der Waals surface area (Å²) in [4.78, 5) is 14.4. The van der Waals surface area contributed by atoms with Crippen molar-refractivity contribution in [3.05, 3.63) is 28.8 Å². The first-order valence-corrected chi connectivity index (χ1v) is 6.77. The van der Waals surface area contributed by atoms with Crippen LogP contribution in [0, 0.1) is 6.92 Å². The molecule has 0 aromatic heterocycles. The van der Waals surface area contributed by atoms with Crippen molar-refractivity contribution in [3.8, 4) is 0 Å². The van der Waals surface area contributed by atoms with Gasteiger partial charge < -0.3 is 5.32 Å². The number of halogens is 1. The topological polar surface area (TPSA) is 32.3 Å². The Kier molecular flexibility index (Phi) is 4.25. The van der Waals surface area contributed by atoms with Gasteiger partial charge >= 0.3 is 0 Å². The zero-order valence-electron chi connectivity index (χ0n) is 10.9. The van der Waals surface area contributed by atoms with E-state index in [0.29, 0.717) is 5.02 Å². The van der Waals surface area contributed by atoms with E-state index in [0.717, 1.165) is 24.3 Å². The molecular formula is C14H19ClN2O. The Bertz CT molecular complexity index is 441. The second kappa shape index (κ2) is 5.72. The lowest BCUT2D eigenvalue weighted by molar-refractivity contribution is -0.120. The number of nitrogens with one attached hydrogen (secondary N) is 1. The molecule has 1 aliphatic heterocycles. The average Bonchev–Trinajstić information content (AvgIpc) is 2.87. The molecule has 0 bridgehead atoms. The number of nitrogens with zero attached hydrogens (tertiary/aromatic N) is 1. The van der Waals surface area contributed by atoms with Crippen LogP contribution in [0.5, 0.6) is 0 Å². The predicted octanol–water partition coefficient (Wildman–Crippen LogP) is 3.07. The van der Waals surface area contributed by atoms with Gasteiger partial charge in [-0.2, -0.15) is 0 Å². The highest BCUT2D eigenvalue weighted by Gasteiger charge is 2.24. The SMILES string of the molecule is Cc1c(Cl)cccc1NC(=O)[C@H](C)N1CCCC1. The van der Waals surface area contributed by atoms with Crippen molar-refractivity contribution < 1.29 is 4.79 Å². The maximum atomic E-state index is 12.2. The van der Waals surface area contributed by atoms with Gasteiger partial charge in [-0.25, -0.2) is 0 Å². The lowest BCUT2D eigenvalue weighted by atomic mass is 10.2. The van der Waals surface area contributed by atoms with Gasteiger partial charge in [0, 0.05) is 10.7 Å². The van der Waals surface area contributed by atoms with E-state index >= 15 is 0 Å². The molecule has 1 heterocycles. The molecule has 1 saturated heterocycles. The van der Waals surface area contributed by atoms with E-state index in [1.165, 1.54) is 12.8 Å². The van der Waals surface area contributed by atoms with E-state index in [9.17, 15) is 4.79 Å². The molecule has 0 aliphatic carbocycles. The molecule has 1 atom stereocenters. The van der Waals surface area contributed by atoms with Crippen LogP contribution in [-0.2, 0) is 4.79 Å². The van der Waals surface area contributed by atoms with E-state index in [4.69, 9.17) is 11.6 Å². The number of rotatable bonds is 3. The third-order valence-corrected chi connectivity index (χ3v) is 4.00. The quantitative estimate of drug-likeness (QED) is 0.912. The minimum absolute atomic E-state index is 0.0438. The lowest BCUT2D eigenvalue weighted by Gasteiger charge is -2.23. The maximum absolute atomic E-state index is 12.2. The minimum Gasteiger partial charge on any atom is -0.324 e. The lowest BCUT2D eigenvalue weighted by Crippen LogP contribution is -2.40. The van der Waals surface area contributed by atoms with Crippen LogP contribution in [0.25, 0.3) is 0 Å². The van der Waals surface area contributed by atoms with Gasteiger partial charge in [-0.15, -0.1) is 0 Å². The van der Waals surface area contributed by atoms with Crippen molar-refractivity contribution in [2.75, 3.05) is 18.4 Å². The third-order valence-electron chi connectivity index (χ3n) is 3.59. The highest BCUT2D eigenvalue weighted by Crippen LogP contribution is 2.23. The molecule has 0 unspecified atom stereocenters. The normalized spacial score (nSPS) is 17.7. The summed E-state index contributed by atoms with van der Waals surface area (Å²) in [6.07, 6.45) is 2.38. The van der Waals surface area contributed by atoms with Gasteiger partial charge in [0.15, 0.2) is 0 Å². The Morgan fingerprint density at radius 3 is 2.72 bits per heavy atom. The van der Waals surface area contributed by atoms with Gasteiger partial charge in [0.05, 0.1) is 6.04 Å². The molecule has 2 rings (SSSR count). The molecule has 1 aromatic rings. The zero-order chi connectivity index (χ0) is 13.1. The predicted molar refractivity (Wildman–Crippen MR) is 75.1 cm³/mol. The van der Waals surface area contributed by atoms with E-state index < -0.39 is 0 Å². The number of benzene rings is 1. The molecule has 0 spiro atoms. The van der Waals surface area contributed by atoms with Crippen LogP contribution in [0.3, 0.4) is 0 Å². The first-order valence-electron chi connectivity index (χ1n) is 6.39. The fourth-order valence-electron chi connectivity index (χ4n) is 2.27. The number of carbonyl (C=O) groups is 1. The van der Waals surface area contributed by atoms with Crippen molar-refractivity contribution in [3.63, 3.8) is 0 Å². The molecule has 18 heavy (non-hydrogen) atoms. The largest absolute Gasteiger partial charge is 0.324 e.